The predicted octanol–water partition coefficient (Wildman–Crippen LogP) is 0.267. The van der Waals surface area contributed by atoms with Gasteiger partial charge in [-0.2, -0.15) is 17.8 Å². The summed E-state index contributed by atoms with van der Waals surface area (Å²) in [5.74, 6) is -0.0629. The minimum Gasteiger partial charge on any atom is -0.350 e. The zero-order chi connectivity index (χ0) is 8.32. The van der Waals surface area contributed by atoms with E-state index in [0.29, 0.717) is 0 Å². The summed E-state index contributed by atoms with van der Waals surface area (Å²) < 4.78 is 29.7. The lowest BCUT2D eigenvalue weighted by Crippen LogP contribution is -2.10. The van der Waals surface area contributed by atoms with Gasteiger partial charge < -0.3 is 4.18 Å². The zero-order valence-electron chi connectivity index (χ0n) is 5.72. The van der Waals surface area contributed by atoms with Gasteiger partial charge >= 0.3 is 15.3 Å². The van der Waals surface area contributed by atoms with Crippen LogP contribution in [0.15, 0.2) is 6.33 Å². The molecule has 62 valence electrons. The highest BCUT2D eigenvalue weighted by Crippen LogP contribution is 2.12. The van der Waals surface area contributed by atoms with E-state index in [1.54, 1.807) is 0 Å². The van der Waals surface area contributed by atoms with Crippen LogP contribution in [0.1, 0.15) is 6.92 Å². The highest BCUT2D eigenvalue weighted by molar-refractivity contribution is 7.87. The summed E-state index contributed by atoms with van der Waals surface area (Å²) in [6, 6.07) is 0. The Morgan fingerprint density at radius 1 is 1.73 bits per heavy atom. The lowest BCUT2D eigenvalue weighted by molar-refractivity contribution is 0.485. The quantitative estimate of drug-likeness (QED) is 0.646. The van der Waals surface area contributed by atoms with E-state index in [4.69, 9.17) is 0 Å². The fourth-order valence-corrected chi connectivity index (χ4v) is 1.46. The predicted molar refractivity (Wildman–Crippen MR) is 40.0 cm³/mol. The van der Waals surface area contributed by atoms with Gasteiger partial charge in [-0.3, -0.25) is 0 Å². The highest BCUT2D eigenvalue weighted by Gasteiger charge is 2.10. The van der Waals surface area contributed by atoms with Crippen LogP contribution in [-0.2, 0) is 10.1 Å². The minimum absolute atomic E-state index is 0.0619. The fraction of sp³-hybridized carbons (Fsp3) is 0.500. The lowest BCUT2D eigenvalue weighted by atomic mass is 11.0. The Bertz CT molecular complexity index is 304. The second-order valence-electron chi connectivity index (χ2n) is 1.64. The Morgan fingerprint density at radius 3 is 2.91 bits per heavy atom. The van der Waals surface area contributed by atoms with Crippen molar-refractivity contribution in [2.24, 2.45) is 0 Å². The Kier molecular flexibility index (Phi) is 2.40. The monoisotopic (exact) mass is 194 g/mol. The molecule has 0 spiro atoms. The van der Waals surface area contributed by atoms with Gasteiger partial charge in [-0.25, -0.2) is 0 Å². The lowest BCUT2D eigenvalue weighted by Gasteiger charge is -1.97. The van der Waals surface area contributed by atoms with Crippen molar-refractivity contribution in [3.63, 3.8) is 0 Å². The third kappa shape index (κ3) is 2.43. The maximum Gasteiger partial charge on any atom is 0.311 e. The van der Waals surface area contributed by atoms with Crippen LogP contribution in [0.3, 0.4) is 0 Å². The third-order valence-electron chi connectivity index (χ3n) is 0.893. The average molecular weight is 194 g/mol. The SMILES string of the molecule is CCS(=O)(=O)Oc1ncns1. The number of hydrogen-bond acceptors (Lipinski definition) is 6. The number of aromatic nitrogens is 2. The molecule has 0 N–H and O–H groups in total. The van der Waals surface area contributed by atoms with Gasteiger partial charge in [0, 0.05) is 11.5 Å². The van der Waals surface area contributed by atoms with Crippen molar-refractivity contribution in [1.29, 1.82) is 0 Å². The normalized spacial score (nSPS) is 11.4. The zero-order valence-corrected chi connectivity index (χ0v) is 7.35. The first-order valence-electron chi connectivity index (χ1n) is 2.83. The molecule has 1 rings (SSSR count). The number of hydrogen-bond donors (Lipinski definition) is 0. The molecule has 0 atom stereocenters. The van der Waals surface area contributed by atoms with Gasteiger partial charge in [0.15, 0.2) is 0 Å². The number of rotatable bonds is 3. The van der Waals surface area contributed by atoms with E-state index >= 15 is 0 Å². The van der Waals surface area contributed by atoms with Crippen molar-refractivity contribution < 1.29 is 12.6 Å². The topological polar surface area (TPSA) is 69.2 Å². The van der Waals surface area contributed by atoms with Crippen molar-refractivity contribution in [2.75, 3.05) is 5.75 Å². The molecule has 0 amide bonds. The molecule has 5 nitrogen and oxygen atoms in total. The van der Waals surface area contributed by atoms with E-state index < -0.39 is 10.1 Å². The molecule has 1 aromatic rings. The van der Waals surface area contributed by atoms with Crippen LogP contribution in [-0.4, -0.2) is 23.5 Å². The molecule has 7 heteroatoms. The van der Waals surface area contributed by atoms with Crippen molar-refractivity contribution >= 4 is 21.7 Å². The molecular weight excluding hydrogens is 188 g/mol. The molecule has 0 saturated carbocycles. The van der Waals surface area contributed by atoms with E-state index in [0.717, 1.165) is 11.5 Å². The van der Waals surface area contributed by atoms with Crippen LogP contribution in [0.2, 0.25) is 0 Å². The molecule has 1 aromatic heterocycles. The van der Waals surface area contributed by atoms with Crippen molar-refractivity contribution in [3.05, 3.63) is 6.33 Å². The fourth-order valence-electron chi connectivity index (χ4n) is 0.367. The van der Waals surface area contributed by atoms with Crippen LogP contribution in [0.4, 0.5) is 0 Å². The summed E-state index contributed by atoms with van der Waals surface area (Å²) in [6.45, 7) is 1.50. The van der Waals surface area contributed by atoms with Crippen LogP contribution >= 0.6 is 11.5 Å². The summed E-state index contributed by atoms with van der Waals surface area (Å²) >= 11 is 0.903. The Balaban J connectivity index is 2.72. The Hall–Kier alpha value is -0.690. The van der Waals surface area contributed by atoms with E-state index in [-0.39, 0.29) is 10.9 Å². The summed E-state index contributed by atoms with van der Waals surface area (Å²) in [4.78, 5) is 3.56. The Morgan fingerprint density at radius 2 is 2.45 bits per heavy atom. The van der Waals surface area contributed by atoms with E-state index in [1.807, 2.05) is 0 Å². The summed E-state index contributed by atoms with van der Waals surface area (Å²) in [6.07, 6.45) is 1.24. The minimum atomic E-state index is -3.43. The first kappa shape index (κ1) is 8.41. The van der Waals surface area contributed by atoms with Crippen molar-refractivity contribution in [2.45, 2.75) is 6.92 Å². The van der Waals surface area contributed by atoms with E-state index in [2.05, 4.69) is 13.5 Å². The standard InChI is InChI=1S/C4H6N2O3S2/c1-2-11(7,8)9-4-5-3-6-10-4/h3H,2H2,1H3. The summed E-state index contributed by atoms with van der Waals surface area (Å²) in [5.41, 5.74) is 0. The van der Waals surface area contributed by atoms with Gasteiger partial charge in [-0.1, -0.05) is 0 Å². The molecular formula is C4H6N2O3S2. The first-order valence-corrected chi connectivity index (χ1v) is 5.18. The molecule has 0 unspecified atom stereocenters. The molecule has 0 aliphatic carbocycles. The smallest absolute Gasteiger partial charge is 0.311 e. The van der Waals surface area contributed by atoms with Gasteiger partial charge in [-0.15, -0.1) is 0 Å². The second-order valence-corrected chi connectivity index (χ2v) is 4.24. The molecule has 0 aliphatic rings. The van der Waals surface area contributed by atoms with Crippen LogP contribution in [0.25, 0.3) is 0 Å². The van der Waals surface area contributed by atoms with Crippen LogP contribution in [0, 0.1) is 0 Å². The van der Waals surface area contributed by atoms with Crippen LogP contribution < -0.4 is 4.18 Å². The van der Waals surface area contributed by atoms with Gasteiger partial charge in [0.1, 0.15) is 6.33 Å². The largest absolute Gasteiger partial charge is 0.350 e. The number of nitrogens with zero attached hydrogens (tertiary/aromatic N) is 2. The van der Waals surface area contributed by atoms with Gasteiger partial charge in [-0.05, 0) is 6.92 Å². The average Bonchev–Trinajstić information content (AvgIpc) is 2.39. The van der Waals surface area contributed by atoms with E-state index in [9.17, 15) is 8.42 Å². The third-order valence-corrected chi connectivity index (χ3v) is 2.66. The molecule has 0 fully saturated rings. The molecule has 0 radical (unpaired) electrons. The Labute approximate surface area is 68.3 Å². The molecule has 0 aromatic carbocycles. The van der Waals surface area contributed by atoms with Gasteiger partial charge in [0.25, 0.3) is 0 Å². The molecule has 0 bridgehead atoms. The molecule has 0 saturated heterocycles. The van der Waals surface area contributed by atoms with Crippen LogP contribution in [0.5, 0.6) is 5.19 Å². The van der Waals surface area contributed by atoms with E-state index in [1.165, 1.54) is 13.3 Å². The van der Waals surface area contributed by atoms with Gasteiger partial charge in [0.05, 0.1) is 5.75 Å². The molecule has 11 heavy (non-hydrogen) atoms. The highest BCUT2D eigenvalue weighted by atomic mass is 32.2. The molecule has 1 heterocycles. The second kappa shape index (κ2) is 3.14. The summed E-state index contributed by atoms with van der Waals surface area (Å²) in [5, 5.41) is 0.0619. The van der Waals surface area contributed by atoms with Crippen molar-refractivity contribution in [1.82, 2.24) is 9.36 Å². The molecule has 0 aliphatic heterocycles. The maximum absolute atomic E-state index is 10.8. The van der Waals surface area contributed by atoms with Crippen molar-refractivity contribution in [3.8, 4) is 5.19 Å². The maximum atomic E-state index is 10.8. The summed E-state index contributed by atoms with van der Waals surface area (Å²) in [7, 11) is -3.43. The van der Waals surface area contributed by atoms with Gasteiger partial charge in [0.2, 0.25) is 0 Å². The first-order chi connectivity index (χ1) is 5.14.